The van der Waals surface area contributed by atoms with Gasteiger partial charge >= 0.3 is 0 Å². The Labute approximate surface area is 115 Å². The molecule has 2 aliphatic carbocycles. The Morgan fingerprint density at radius 1 is 1.21 bits per heavy atom. The maximum Gasteiger partial charge on any atom is 0.126 e. The van der Waals surface area contributed by atoms with Gasteiger partial charge in [-0.05, 0) is 44.4 Å². The number of hydrogen-bond donors (Lipinski definition) is 2. The van der Waals surface area contributed by atoms with Crippen LogP contribution in [0.15, 0.2) is 0 Å². The Kier molecular flexibility index (Phi) is 4.98. The summed E-state index contributed by atoms with van der Waals surface area (Å²) in [6, 6.07) is 0. The Morgan fingerprint density at radius 2 is 1.89 bits per heavy atom. The van der Waals surface area contributed by atoms with Gasteiger partial charge in [-0.2, -0.15) is 0 Å². The Bertz CT molecular complexity index is 299. The van der Waals surface area contributed by atoms with Crippen LogP contribution in [0.1, 0.15) is 51.4 Å². The molecule has 0 bridgehead atoms. The highest BCUT2D eigenvalue weighted by molar-refractivity contribution is 5.56. The van der Waals surface area contributed by atoms with Gasteiger partial charge < -0.3 is 19.7 Å². The smallest absolute Gasteiger partial charge is 0.126 e. The van der Waals surface area contributed by atoms with Crippen LogP contribution in [0.5, 0.6) is 0 Å². The van der Waals surface area contributed by atoms with E-state index in [4.69, 9.17) is 4.74 Å². The second-order valence-corrected chi connectivity index (χ2v) is 6.20. The molecule has 3 unspecified atom stereocenters. The van der Waals surface area contributed by atoms with Crippen LogP contribution < -0.4 is 0 Å². The third-order valence-corrected chi connectivity index (χ3v) is 5.16. The SMILES string of the molecule is COC1CCC(C(O)C2(O)CCCCC2C=O)CC1. The van der Waals surface area contributed by atoms with E-state index in [1.165, 1.54) is 0 Å². The molecule has 0 aromatic heterocycles. The fourth-order valence-electron chi connectivity index (χ4n) is 3.81. The van der Waals surface area contributed by atoms with E-state index in [2.05, 4.69) is 0 Å². The van der Waals surface area contributed by atoms with Crippen molar-refractivity contribution in [2.45, 2.75) is 69.2 Å². The van der Waals surface area contributed by atoms with E-state index in [-0.39, 0.29) is 12.0 Å². The van der Waals surface area contributed by atoms with E-state index in [0.29, 0.717) is 12.8 Å². The number of aliphatic hydroxyl groups is 2. The third kappa shape index (κ3) is 3.01. The number of ether oxygens (including phenoxy) is 1. The summed E-state index contributed by atoms with van der Waals surface area (Å²) in [5.41, 5.74) is -1.20. The molecular weight excluding hydrogens is 244 g/mol. The minimum Gasteiger partial charge on any atom is -0.390 e. The van der Waals surface area contributed by atoms with Gasteiger partial charge in [-0.3, -0.25) is 0 Å². The van der Waals surface area contributed by atoms with E-state index in [1.54, 1.807) is 7.11 Å². The first kappa shape index (κ1) is 14.9. The van der Waals surface area contributed by atoms with Crippen LogP contribution in [-0.2, 0) is 9.53 Å². The molecular formula is C15H26O4. The van der Waals surface area contributed by atoms with E-state index in [1.807, 2.05) is 0 Å². The Morgan fingerprint density at radius 3 is 2.47 bits per heavy atom. The Balaban J connectivity index is 2.01. The molecule has 2 rings (SSSR count). The average Bonchev–Trinajstić information content (AvgIpc) is 2.47. The minimum atomic E-state index is -1.20. The van der Waals surface area contributed by atoms with Gasteiger partial charge in [0, 0.05) is 13.0 Å². The van der Waals surface area contributed by atoms with Crippen molar-refractivity contribution in [1.82, 2.24) is 0 Å². The molecule has 4 heteroatoms. The molecule has 2 N–H and O–H groups in total. The summed E-state index contributed by atoms with van der Waals surface area (Å²) < 4.78 is 5.33. The van der Waals surface area contributed by atoms with Gasteiger partial charge in [0.05, 0.1) is 12.2 Å². The molecule has 0 heterocycles. The van der Waals surface area contributed by atoms with Crippen LogP contribution in [0, 0.1) is 11.8 Å². The lowest BCUT2D eigenvalue weighted by atomic mass is 9.67. The number of methoxy groups -OCH3 is 1. The third-order valence-electron chi connectivity index (χ3n) is 5.16. The van der Waals surface area contributed by atoms with Gasteiger partial charge in [-0.1, -0.05) is 12.8 Å². The largest absolute Gasteiger partial charge is 0.390 e. The highest BCUT2D eigenvalue weighted by atomic mass is 16.5. The molecule has 2 fully saturated rings. The number of aldehydes is 1. The minimum absolute atomic E-state index is 0.0944. The van der Waals surface area contributed by atoms with Crippen molar-refractivity contribution in [2.24, 2.45) is 11.8 Å². The molecule has 0 radical (unpaired) electrons. The van der Waals surface area contributed by atoms with Gasteiger partial charge in [0.15, 0.2) is 0 Å². The second-order valence-electron chi connectivity index (χ2n) is 6.20. The highest BCUT2D eigenvalue weighted by Crippen LogP contribution is 2.41. The standard InChI is InChI=1S/C15H26O4/c1-19-13-7-5-11(6-8-13)14(17)15(18)9-3-2-4-12(15)10-16/h10-14,17-18H,2-9H2,1H3. The monoisotopic (exact) mass is 270 g/mol. The first-order valence-electron chi connectivity index (χ1n) is 7.50. The van der Waals surface area contributed by atoms with E-state index >= 15 is 0 Å². The molecule has 3 atom stereocenters. The summed E-state index contributed by atoms with van der Waals surface area (Å²) in [7, 11) is 1.72. The summed E-state index contributed by atoms with van der Waals surface area (Å²) in [5.74, 6) is -0.312. The van der Waals surface area contributed by atoms with Crippen LogP contribution in [0.3, 0.4) is 0 Å². The van der Waals surface area contributed by atoms with Crippen LogP contribution in [-0.4, -0.2) is 41.4 Å². The van der Waals surface area contributed by atoms with Crippen molar-refractivity contribution in [1.29, 1.82) is 0 Å². The second kappa shape index (κ2) is 6.33. The van der Waals surface area contributed by atoms with Crippen LogP contribution in [0.2, 0.25) is 0 Å². The molecule has 4 nitrogen and oxygen atoms in total. The van der Waals surface area contributed by atoms with Crippen molar-refractivity contribution >= 4 is 6.29 Å². The van der Waals surface area contributed by atoms with E-state index in [0.717, 1.165) is 44.8 Å². The van der Waals surface area contributed by atoms with Gasteiger partial charge in [-0.15, -0.1) is 0 Å². The molecule has 0 amide bonds. The molecule has 110 valence electrons. The maximum absolute atomic E-state index is 11.2. The fraction of sp³-hybridized carbons (Fsp3) is 0.933. The zero-order valence-corrected chi connectivity index (χ0v) is 11.8. The molecule has 0 saturated heterocycles. The molecule has 0 aromatic carbocycles. The van der Waals surface area contributed by atoms with Crippen molar-refractivity contribution in [2.75, 3.05) is 7.11 Å². The van der Waals surface area contributed by atoms with Gasteiger partial charge in [0.1, 0.15) is 11.9 Å². The molecule has 0 spiro atoms. The lowest BCUT2D eigenvalue weighted by Gasteiger charge is -2.45. The van der Waals surface area contributed by atoms with Crippen LogP contribution in [0.4, 0.5) is 0 Å². The van der Waals surface area contributed by atoms with Gasteiger partial charge in [0.25, 0.3) is 0 Å². The number of aliphatic hydroxyl groups excluding tert-OH is 1. The molecule has 0 aliphatic heterocycles. The summed E-state index contributed by atoms with van der Waals surface area (Å²) in [5, 5.41) is 21.3. The predicted octanol–water partition coefficient (Wildman–Crippen LogP) is 1.67. The molecule has 0 aromatic rings. The zero-order chi connectivity index (χ0) is 13.9. The first-order chi connectivity index (χ1) is 9.11. The van der Waals surface area contributed by atoms with Crippen LogP contribution in [0.25, 0.3) is 0 Å². The van der Waals surface area contributed by atoms with E-state index < -0.39 is 17.6 Å². The number of hydrogen-bond acceptors (Lipinski definition) is 4. The van der Waals surface area contributed by atoms with Crippen molar-refractivity contribution in [3.8, 4) is 0 Å². The van der Waals surface area contributed by atoms with Gasteiger partial charge in [0.2, 0.25) is 0 Å². The van der Waals surface area contributed by atoms with Crippen molar-refractivity contribution < 1.29 is 19.7 Å². The predicted molar refractivity (Wildman–Crippen MR) is 71.7 cm³/mol. The first-order valence-corrected chi connectivity index (χ1v) is 7.50. The summed E-state index contributed by atoms with van der Waals surface area (Å²) >= 11 is 0. The van der Waals surface area contributed by atoms with E-state index in [9.17, 15) is 15.0 Å². The molecule has 2 saturated carbocycles. The zero-order valence-electron chi connectivity index (χ0n) is 11.8. The molecule has 2 aliphatic rings. The lowest BCUT2D eigenvalue weighted by molar-refractivity contribution is -0.163. The average molecular weight is 270 g/mol. The fourth-order valence-corrected chi connectivity index (χ4v) is 3.81. The topological polar surface area (TPSA) is 66.8 Å². The highest BCUT2D eigenvalue weighted by Gasteiger charge is 2.47. The van der Waals surface area contributed by atoms with Gasteiger partial charge in [-0.25, -0.2) is 0 Å². The molecule has 19 heavy (non-hydrogen) atoms. The normalized spacial score (nSPS) is 41.7. The lowest BCUT2D eigenvalue weighted by Crippen LogP contribution is -2.54. The number of carbonyl (C=O) groups is 1. The summed E-state index contributed by atoms with van der Waals surface area (Å²) in [6.45, 7) is 0. The summed E-state index contributed by atoms with van der Waals surface area (Å²) in [6.07, 6.45) is 7.05. The number of rotatable bonds is 4. The van der Waals surface area contributed by atoms with Crippen molar-refractivity contribution in [3.05, 3.63) is 0 Å². The Hall–Kier alpha value is -0.450. The van der Waals surface area contributed by atoms with Crippen LogP contribution >= 0.6 is 0 Å². The maximum atomic E-state index is 11.2. The van der Waals surface area contributed by atoms with Crippen molar-refractivity contribution in [3.63, 3.8) is 0 Å². The number of carbonyl (C=O) groups excluding carboxylic acids is 1. The quantitative estimate of drug-likeness (QED) is 0.763. The summed E-state index contributed by atoms with van der Waals surface area (Å²) in [4.78, 5) is 11.2.